The largest absolute Gasteiger partial charge is 0.354 e. The Kier molecular flexibility index (Phi) is 5.35. The van der Waals surface area contributed by atoms with Crippen molar-refractivity contribution in [1.29, 1.82) is 0 Å². The molecule has 1 aliphatic heterocycles. The quantitative estimate of drug-likeness (QED) is 0.875. The van der Waals surface area contributed by atoms with Gasteiger partial charge in [-0.25, -0.2) is 4.98 Å². The minimum atomic E-state index is 0.130. The van der Waals surface area contributed by atoms with Gasteiger partial charge in [0.15, 0.2) is 0 Å². The summed E-state index contributed by atoms with van der Waals surface area (Å²) in [6.07, 6.45) is 2.79. The molecule has 2 heterocycles. The number of piperazine rings is 1. The maximum Gasteiger partial charge on any atom is 0.234 e. The summed E-state index contributed by atoms with van der Waals surface area (Å²) < 4.78 is 0. The van der Waals surface area contributed by atoms with E-state index in [2.05, 4.69) is 27.0 Å². The second-order valence-electron chi connectivity index (χ2n) is 5.33. The second-order valence-corrected chi connectivity index (χ2v) is 5.33. The molecule has 1 fully saturated rings. The van der Waals surface area contributed by atoms with Crippen LogP contribution in [-0.2, 0) is 4.79 Å². The van der Waals surface area contributed by atoms with E-state index in [-0.39, 0.29) is 11.9 Å². The monoisotopic (exact) mass is 276 g/mol. The Bertz CT molecular complexity index is 415. The van der Waals surface area contributed by atoms with E-state index in [9.17, 15) is 4.79 Å². The van der Waals surface area contributed by atoms with Crippen molar-refractivity contribution >= 4 is 11.7 Å². The minimum absolute atomic E-state index is 0.130. The predicted molar refractivity (Wildman–Crippen MR) is 80.8 cm³/mol. The van der Waals surface area contributed by atoms with E-state index in [1.807, 2.05) is 31.3 Å². The Balaban J connectivity index is 1.76. The molecule has 0 bridgehead atoms. The number of hydrogen-bond acceptors (Lipinski definition) is 4. The summed E-state index contributed by atoms with van der Waals surface area (Å²) in [5.41, 5.74) is 0. The second kappa shape index (κ2) is 7.24. The molecule has 1 N–H and O–H groups in total. The van der Waals surface area contributed by atoms with Crippen LogP contribution in [-0.4, -0.2) is 54.6 Å². The smallest absolute Gasteiger partial charge is 0.234 e. The number of rotatable bonds is 5. The van der Waals surface area contributed by atoms with Gasteiger partial charge >= 0.3 is 0 Å². The average molecular weight is 276 g/mol. The van der Waals surface area contributed by atoms with Crippen LogP contribution in [0.2, 0.25) is 0 Å². The van der Waals surface area contributed by atoms with E-state index in [0.29, 0.717) is 6.54 Å². The zero-order valence-electron chi connectivity index (χ0n) is 12.4. The Hall–Kier alpha value is -1.62. The maximum atomic E-state index is 11.9. The minimum Gasteiger partial charge on any atom is -0.354 e. The van der Waals surface area contributed by atoms with Crippen LogP contribution in [0.5, 0.6) is 0 Å². The van der Waals surface area contributed by atoms with Crippen molar-refractivity contribution in [3.05, 3.63) is 24.4 Å². The van der Waals surface area contributed by atoms with Crippen LogP contribution in [0.4, 0.5) is 5.82 Å². The van der Waals surface area contributed by atoms with Gasteiger partial charge in [0.2, 0.25) is 5.91 Å². The normalized spacial score (nSPS) is 17.8. The molecule has 0 unspecified atom stereocenters. The highest BCUT2D eigenvalue weighted by atomic mass is 16.2. The van der Waals surface area contributed by atoms with Crippen LogP contribution >= 0.6 is 0 Å². The third-order valence-corrected chi connectivity index (χ3v) is 3.73. The van der Waals surface area contributed by atoms with Gasteiger partial charge in [0.25, 0.3) is 0 Å². The summed E-state index contributed by atoms with van der Waals surface area (Å²) in [5, 5.41) is 3.01. The summed E-state index contributed by atoms with van der Waals surface area (Å²) in [6.45, 7) is 8.28. The van der Waals surface area contributed by atoms with Gasteiger partial charge in [-0.3, -0.25) is 9.69 Å². The zero-order valence-corrected chi connectivity index (χ0v) is 12.4. The lowest BCUT2D eigenvalue weighted by molar-refractivity contribution is -0.122. The molecule has 2 rings (SSSR count). The van der Waals surface area contributed by atoms with Crippen LogP contribution in [0.3, 0.4) is 0 Å². The van der Waals surface area contributed by atoms with Gasteiger partial charge in [0.1, 0.15) is 5.82 Å². The van der Waals surface area contributed by atoms with Crippen LogP contribution in [0.25, 0.3) is 0 Å². The topological polar surface area (TPSA) is 48.5 Å². The molecular formula is C15H24N4O. The van der Waals surface area contributed by atoms with Crippen molar-refractivity contribution in [2.45, 2.75) is 26.3 Å². The fourth-order valence-electron chi connectivity index (χ4n) is 2.30. The van der Waals surface area contributed by atoms with E-state index in [4.69, 9.17) is 0 Å². The fourth-order valence-corrected chi connectivity index (χ4v) is 2.30. The highest BCUT2D eigenvalue weighted by Gasteiger charge is 2.19. The van der Waals surface area contributed by atoms with E-state index in [0.717, 1.165) is 38.4 Å². The first-order chi connectivity index (χ1) is 9.69. The van der Waals surface area contributed by atoms with Gasteiger partial charge in [-0.2, -0.15) is 0 Å². The lowest BCUT2D eigenvalue weighted by Gasteiger charge is -2.35. The van der Waals surface area contributed by atoms with Crippen LogP contribution in [0, 0.1) is 0 Å². The molecule has 1 saturated heterocycles. The molecule has 1 amide bonds. The van der Waals surface area contributed by atoms with Crippen molar-refractivity contribution in [3.63, 3.8) is 0 Å². The van der Waals surface area contributed by atoms with Crippen molar-refractivity contribution in [2.24, 2.45) is 0 Å². The fraction of sp³-hybridized carbons (Fsp3) is 0.600. The standard InChI is InChI=1S/C15H24N4O/c1-3-13(2)17-15(20)12-18-8-10-19(11-9-18)14-6-4-5-7-16-14/h4-7,13H,3,8-12H2,1-2H3,(H,17,20)/t13-/m0/s1. The number of carbonyl (C=O) groups is 1. The Labute approximate surface area is 121 Å². The van der Waals surface area contributed by atoms with E-state index in [1.54, 1.807) is 0 Å². The summed E-state index contributed by atoms with van der Waals surface area (Å²) in [4.78, 5) is 20.7. The number of anilines is 1. The van der Waals surface area contributed by atoms with Crippen LogP contribution in [0.1, 0.15) is 20.3 Å². The zero-order chi connectivity index (χ0) is 14.4. The molecule has 1 atom stereocenters. The van der Waals surface area contributed by atoms with Crippen molar-refractivity contribution in [3.8, 4) is 0 Å². The molecule has 1 aromatic rings. The number of nitrogens with one attached hydrogen (secondary N) is 1. The lowest BCUT2D eigenvalue weighted by atomic mass is 10.2. The molecule has 5 heteroatoms. The van der Waals surface area contributed by atoms with Gasteiger partial charge in [-0.15, -0.1) is 0 Å². The number of pyridine rings is 1. The summed E-state index contributed by atoms with van der Waals surface area (Å²) in [5.74, 6) is 1.15. The number of carbonyl (C=O) groups excluding carboxylic acids is 1. The van der Waals surface area contributed by atoms with Crippen LogP contribution in [0.15, 0.2) is 24.4 Å². The van der Waals surface area contributed by atoms with Crippen molar-refractivity contribution in [1.82, 2.24) is 15.2 Å². The first-order valence-electron chi connectivity index (χ1n) is 7.36. The summed E-state index contributed by atoms with van der Waals surface area (Å²) >= 11 is 0. The highest BCUT2D eigenvalue weighted by Crippen LogP contribution is 2.12. The van der Waals surface area contributed by atoms with Crippen molar-refractivity contribution < 1.29 is 4.79 Å². The molecule has 1 aliphatic rings. The van der Waals surface area contributed by atoms with Gasteiger partial charge in [-0.05, 0) is 25.5 Å². The third kappa shape index (κ3) is 4.20. The molecule has 110 valence electrons. The Morgan fingerprint density at radius 3 is 2.70 bits per heavy atom. The molecule has 0 saturated carbocycles. The van der Waals surface area contributed by atoms with Gasteiger partial charge in [0.05, 0.1) is 6.54 Å². The molecule has 1 aromatic heterocycles. The maximum absolute atomic E-state index is 11.9. The van der Waals surface area contributed by atoms with E-state index in [1.165, 1.54) is 0 Å². The molecular weight excluding hydrogens is 252 g/mol. The predicted octanol–water partition coefficient (Wildman–Crippen LogP) is 1.12. The first kappa shape index (κ1) is 14.8. The van der Waals surface area contributed by atoms with Gasteiger partial charge in [0, 0.05) is 38.4 Å². The number of hydrogen-bond donors (Lipinski definition) is 1. The number of nitrogens with zero attached hydrogens (tertiary/aromatic N) is 3. The Morgan fingerprint density at radius 1 is 1.35 bits per heavy atom. The number of aromatic nitrogens is 1. The van der Waals surface area contributed by atoms with E-state index < -0.39 is 0 Å². The average Bonchev–Trinajstić information content (AvgIpc) is 2.48. The van der Waals surface area contributed by atoms with Gasteiger partial charge < -0.3 is 10.2 Å². The van der Waals surface area contributed by atoms with Crippen molar-refractivity contribution in [2.75, 3.05) is 37.6 Å². The van der Waals surface area contributed by atoms with Crippen LogP contribution < -0.4 is 10.2 Å². The molecule has 5 nitrogen and oxygen atoms in total. The number of amides is 1. The molecule has 0 aromatic carbocycles. The van der Waals surface area contributed by atoms with Gasteiger partial charge in [-0.1, -0.05) is 13.0 Å². The lowest BCUT2D eigenvalue weighted by Crippen LogP contribution is -2.50. The molecule has 20 heavy (non-hydrogen) atoms. The molecule has 0 radical (unpaired) electrons. The molecule has 0 aliphatic carbocycles. The Morgan fingerprint density at radius 2 is 2.10 bits per heavy atom. The summed E-state index contributed by atoms with van der Waals surface area (Å²) in [6, 6.07) is 6.23. The first-order valence-corrected chi connectivity index (χ1v) is 7.36. The molecule has 0 spiro atoms. The summed E-state index contributed by atoms with van der Waals surface area (Å²) in [7, 11) is 0. The third-order valence-electron chi connectivity index (χ3n) is 3.73. The SMILES string of the molecule is CC[C@H](C)NC(=O)CN1CCN(c2ccccn2)CC1. The highest BCUT2D eigenvalue weighted by molar-refractivity contribution is 5.78. The van der Waals surface area contributed by atoms with E-state index >= 15 is 0 Å².